The predicted octanol–water partition coefficient (Wildman–Crippen LogP) is 2.44. The summed E-state index contributed by atoms with van der Waals surface area (Å²) in [5.41, 5.74) is 1.95. The molecule has 3 N–H and O–H groups in total. The molecule has 1 saturated heterocycles. The number of nitrogens with zero attached hydrogens (tertiary/aromatic N) is 4. The van der Waals surface area contributed by atoms with Gasteiger partial charge in [0.15, 0.2) is 0 Å². The summed E-state index contributed by atoms with van der Waals surface area (Å²) in [4.78, 5) is 26.3. The van der Waals surface area contributed by atoms with Crippen LogP contribution in [0.25, 0.3) is 0 Å². The number of nitrogens with one attached hydrogen (secondary N) is 3. The zero-order chi connectivity index (χ0) is 24.1. The quantitative estimate of drug-likeness (QED) is 0.438. The van der Waals surface area contributed by atoms with E-state index in [9.17, 15) is 13.2 Å². The van der Waals surface area contributed by atoms with E-state index in [-0.39, 0.29) is 22.6 Å². The molecule has 34 heavy (non-hydrogen) atoms. The standard InChI is InChI=1S/C22H25N7O4S/c1-23-34(31,32)20-6-4-3-5-18(20)27-22-25-14-24-21(28-22)26-17-8-7-15(13-19(17)33-2)29-11-9-16(30)10-12-29/h3-8,13-14,23H,9-12H2,1-2H3,(H2,24,25,26,27,28). The van der Waals surface area contributed by atoms with Crippen molar-refractivity contribution in [2.45, 2.75) is 17.7 Å². The molecule has 2 heterocycles. The number of ether oxygens (including phenoxy) is 1. The number of rotatable bonds is 8. The summed E-state index contributed by atoms with van der Waals surface area (Å²) in [6.45, 7) is 1.37. The molecule has 0 aliphatic carbocycles. The molecule has 178 valence electrons. The van der Waals surface area contributed by atoms with Crippen LogP contribution in [-0.4, -0.2) is 56.4 Å². The van der Waals surface area contributed by atoms with Crippen LogP contribution in [0, 0.1) is 0 Å². The highest BCUT2D eigenvalue weighted by molar-refractivity contribution is 7.89. The maximum atomic E-state index is 12.3. The van der Waals surface area contributed by atoms with Crippen LogP contribution < -0.4 is 25.0 Å². The van der Waals surface area contributed by atoms with E-state index >= 15 is 0 Å². The first-order valence-corrected chi connectivity index (χ1v) is 12.1. The molecule has 3 aromatic rings. The predicted molar refractivity (Wildman–Crippen MR) is 129 cm³/mol. The summed E-state index contributed by atoms with van der Waals surface area (Å²) >= 11 is 0. The Morgan fingerprint density at radius 1 is 0.971 bits per heavy atom. The first-order valence-electron chi connectivity index (χ1n) is 10.6. The van der Waals surface area contributed by atoms with Crippen LogP contribution >= 0.6 is 0 Å². The monoisotopic (exact) mass is 483 g/mol. The molecule has 0 saturated carbocycles. The zero-order valence-corrected chi connectivity index (χ0v) is 19.6. The SMILES string of the molecule is CNS(=O)(=O)c1ccccc1Nc1ncnc(Nc2ccc(N3CCC(=O)CC3)cc2OC)n1. The van der Waals surface area contributed by atoms with Gasteiger partial charge in [0, 0.05) is 37.7 Å². The summed E-state index contributed by atoms with van der Waals surface area (Å²) in [6.07, 6.45) is 2.40. The molecule has 0 atom stereocenters. The van der Waals surface area contributed by atoms with Gasteiger partial charge >= 0.3 is 0 Å². The number of sulfonamides is 1. The van der Waals surface area contributed by atoms with Crippen molar-refractivity contribution < 1.29 is 17.9 Å². The zero-order valence-electron chi connectivity index (χ0n) is 18.8. The van der Waals surface area contributed by atoms with Gasteiger partial charge in [0.1, 0.15) is 22.8 Å². The van der Waals surface area contributed by atoms with Crippen molar-refractivity contribution in [3.05, 3.63) is 48.8 Å². The second kappa shape index (κ2) is 10.0. The molecular weight excluding hydrogens is 458 g/mol. The minimum Gasteiger partial charge on any atom is -0.494 e. The Balaban J connectivity index is 1.54. The van der Waals surface area contributed by atoms with Crippen LogP contribution in [0.2, 0.25) is 0 Å². The van der Waals surface area contributed by atoms with E-state index < -0.39 is 10.0 Å². The number of anilines is 5. The topological polar surface area (TPSA) is 138 Å². The van der Waals surface area contributed by atoms with Crippen molar-refractivity contribution in [3.8, 4) is 5.75 Å². The number of carbonyl (C=O) groups is 1. The lowest BCUT2D eigenvalue weighted by Gasteiger charge is -2.28. The second-order valence-corrected chi connectivity index (χ2v) is 9.35. The number of hydrogen-bond acceptors (Lipinski definition) is 10. The van der Waals surface area contributed by atoms with Gasteiger partial charge in [-0.3, -0.25) is 4.79 Å². The third-order valence-corrected chi connectivity index (χ3v) is 6.85. The highest BCUT2D eigenvalue weighted by Crippen LogP contribution is 2.32. The lowest BCUT2D eigenvalue weighted by atomic mass is 10.1. The fourth-order valence-corrected chi connectivity index (χ4v) is 4.45. The molecule has 2 aromatic carbocycles. The largest absolute Gasteiger partial charge is 0.494 e. The number of Topliss-reactive ketones (excluding diaryl/α,β-unsaturated/α-hetero) is 1. The number of piperidine rings is 1. The van der Waals surface area contributed by atoms with Gasteiger partial charge in [-0.25, -0.2) is 23.1 Å². The first kappa shape index (κ1) is 23.4. The Kier molecular flexibility index (Phi) is 6.89. The average molecular weight is 484 g/mol. The minimum atomic E-state index is -3.67. The van der Waals surface area contributed by atoms with Crippen LogP contribution in [0.15, 0.2) is 53.7 Å². The van der Waals surface area contributed by atoms with Gasteiger partial charge in [0.25, 0.3) is 0 Å². The Labute approximate surface area is 197 Å². The Hall–Kier alpha value is -3.77. The average Bonchev–Trinajstić information content (AvgIpc) is 2.85. The third-order valence-electron chi connectivity index (χ3n) is 5.38. The molecule has 0 bridgehead atoms. The number of hydrogen-bond donors (Lipinski definition) is 3. The number of para-hydroxylation sites is 1. The van der Waals surface area contributed by atoms with E-state index in [1.807, 2.05) is 18.2 Å². The van der Waals surface area contributed by atoms with Crippen molar-refractivity contribution in [2.24, 2.45) is 0 Å². The third kappa shape index (κ3) is 5.24. The minimum absolute atomic E-state index is 0.0732. The number of methoxy groups -OCH3 is 1. The molecular formula is C22H25N7O4S. The normalized spacial score (nSPS) is 14.1. The van der Waals surface area contributed by atoms with Crippen molar-refractivity contribution in [1.82, 2.24) is 19.7 Å². The van der Waals surface area contributed by atoms with Gasteiger partial charge in [-0.1, -0.05) is 12.1 Å². The molecule has 0 radical (unpaired) electrons. The molecule has 0 amide bonds. The first-order chi connectivity index (χ1) is 16.4. The molecule has 1 aliphatic rings. The van der Waals surface area contributed by atoms with Crippen LogP contribution in [-0.2, 0) is 14.8 Å². The Morgan fingerprint density at radius 3 is 2.32 bits per heavy atom. The number of carbonyl (C=O) groups excluding carboxylic acids is 1. The molecule has 12 heteroatoms. The molecule has 0 unspecified atom stereocenters. The van der Waals surface area contributed by atoms with Crippen LogP contribution in [0.3, 0.4) is 0 Å². The van der Waals surface area contributed by atoms with Crippen LogP contribution in [0.1, 0.15) is 12.8 Å². The van der Waals surface area contributed by atoms with E-state index in [0.29, 0.717) is 43.1 Å². The van der Waals surface area contributed by atoms with Gasteiger partial charge in [-0.2, -0.15) is 4.98 Å². The number of benzene rings is 2. The van der Waals surface area contributed by atoms with E-state index in [2.05, 4.69) is 35.2 Å². The van der Waals surface area contributed by atoms with Crippen LogP contribution in [0.5, 0.6) is 5.75 Å². The molecule has 1 fully saturated rings. The summed E-state index contributed by atoms with van der Waals surface area (Å²) in [5, 5.41) is 6.05. The molecule has 11 nitrogen and oxygen atoms in total. The lowest BCUT2D eigenvalue weighted by Crippen LogP contribution is -2.33. The van der Waals surface area contributed by atoms with Gasteiger partial charge in [-0.15, -0.1) is 0 Å². The molecule has 1 aliphatic heterocycles. The Morgan fingerprint density at radius 2 is 1.65 bits per heavy atom. The highest BCUT2D eigenvalue weighted by Gasteiger charge is 2.19. The summed E-state index contributed by atoms with van der Waals surface area (Å²) < 4.78 is 32.4. The van der Waals surface area contributed by atoms with E-state index in [4.69, 9.17) is 4.74 Å². The van der Waals surface area contributed by atoms with Gasteiger partial charge < -0.3 is 20.3 Å². The maximum Gasteiger partial charge on any atom is 0.242 e. The van der Waals surface area contributed by atoms with E-state index in [1.165, 1.54) is 19.4 Å². The van der Waals surface area contributed by atoms with Crippen LogP contribution in [0.4, 0.5) is 29.0 Å². The second-order valence-electron chi connectivity index (χ2n) is 7.50. The van der Waals surface area contributed by atoms with E-state index in [0.717, 1.165) is 5.69 Å². The fourth-order valence-electron chi connectivity index (χ4n) is 3.57. The molecule has 4 rings (SSSR count). The van der Waals surface area contributed by atoms with Gasteiger partial charge in [-0.05, 0) is 31.3 Å². The van der Waals surface area contributed by atoms with Crippen molar-refractivity contribution >= 4 is 44.8 Å². The highest BCUT2D eigenvalue weighted by atomic mass is 32.2. The summed E-state index contributed by atoms with van der Waals surface area (Å²) in [7, 11) is -0.751. The maximum absolute atomic E-state index is 12.3. The van der Waals surface area contributed by atoms with Gasteiger partial charge in [0.05, 0.1) is 18.5 Å². The number of ketones is 1. The van der Waals surface area contributed by atoms with Crippen molar-refractivity contribution in [2.75, 3.05) is 42.8 Å². The molecule has 1 aromatic heterocycles. The lowest BCUT2D eigenvalue weighted by molar-refractivity contribution is -0.119. The van der Waals surface area contributed by atoms with Crippen molar-refractivity contribution in [3.63, 3.8) is 0 Å². The Bertz CT molecular complexity index is 1290. The fraction of sp³-hybridized carbons (Fsp3) is 0.273. The smallest absolute Gasteiger partial charge is 0.242 e. The molecule has 0 spiro atoms. The summed E-state index contributed by atoms with van der Waals surface area (Å²) in [6, 6.07) is 12.2. The van der Waals surface area contributed by atoms with Crippen molar-refractivity contribution in [1.29, 1.82) is 0 Å². The van der Waals surface area contributed by atoms with Gasteiger partial charge in [0.2, 0.25) is 21.9 Å². The van der Waals surface area contributed by atoms with E-state index in [1.54, 1.807) is 25.3 Å². The summed E-state index contributed by atoms with van der Waals surface area (Å²) in [5.74, 6) is 1.30. The number of aromatic nitrogens is 3.